The van der Waals surface area contributed by atoms with E-state index in [2.05, 4.69) is 31.0 Å². The first-order valence-corrected chi connectivity index (χ1v) is 6.58. The maximum absolute atomic E-state index is 14.3. The van der Waals surface area contributed by atoms with Crippen molar-refractivity contribution >= 4 is 10.8 Å². The topological polar surface area (TPSA) is 25.8 Å². The van der Waals surface area contributed by atoms with Crippen molar-refractivity contribution in [2.75, 3.05) is 0 Å². The number of hydrogen-bond donors (Lipinski definition) is 0. The minimum atomic E-state index is -0.232. The summed E-state index contributed by atoms with van der Waals surface area (Å²) in [7, 11) is 0. The molecule has 0 fully saturated rings. The lowest BCUT2D eigenvalue weighted by Crippen LogP contribution is -2.21. The van der Waals surface area contributed by atoms with Crippen molar-refractivity contribution in [3.8, 4) is 0 Å². The van der Waals surface area contributed by atoms with Crippen molar-refractivity contribution < 1.29 is 4.39 Å². The maximum atomic E-state index is 14.3. The first-order chi connectivity index (χ1) is 8.62. The molecule has 0 saturated heterocycles. The SMILES string of the molecule is CC(C)(C)c1nnc(C(C)(C)C)c2c(F)cccc12. The van der Waals surface area contributed by atoms with Gasteiger partial charge in [0, 0.05) is 21.6 Å². The molecule has 2 aromatic rings. The molecule has 2 nitrogen and oxygen atoms in total. The molecule has 0 spiro atoms. The van der Waals surface area contributed by atoms with Gasteiger partial charge in [-0.1, -0.05) is 53.7 Å². The van der Waals surface area contributed by atoms with Gasteiger partial charge in [-0.2, -0.15) is 10.2 Å². The van der Waals surface area contributed by atoms with E-state index in [0.29, 0.717) is 11.1 Å². The fraction of sp³-hybridized carbons (Fsp3) is 0.500. The molecule has 0 N–H and O–H groups in total. The van der Waals surface area contributed by atoms with Crippen molar-refractivity contribution in [2.45, 2.75) is 52.4 Å². The molecule has 0 aliphatic heterocycles. The third-order valence-corrected chi connectivity index (χ3v) is 3.18. The normalized spacial score (nSPS) is 13.0. The zero-order valence-electron chi connectivity index (χ0n) is 12.5. The lowest BCUT2D eigenvalue weighted by molar-refractivity contribution is 0.533. The van der Waals surface area contributed by atoms with E-state index in [1.165, 1.54) is 6.07 Å². The van der Waals surface area contributed by atoms with Gasteiger partial charge >= 0.3 is 0 Å². The van der Waals surface area contributed by atoms with Crippen LogP contribution in [0.25, 0.3) is 10.8 Å². The van der Waals surface area contributed by atoms with Gasteiger partial charge in [-0.15, -0.1) is 0 Å². The second kappa shape index (κ2) is 4.26. The first kappa shape index (κ1) is 13.9. The number of fused-ring (bicyclic) bond motifs is 1. The highest BCUT2D eigenvalue weighted by atomic mass is 19.1. The predicted octanol–water partition coefficient (Wildman–Crippen LogP) is 4.36. The standard InChI is InChI=1S/C16H21FN2/c1-15(2,3)13-10-8-7-9-11(17)12(10)14(19-18-13)16(4,5)6/h7-9H,1-6H3. The second-order valence-electron chi connectivity index (χ2n) is 7.06. The molecule has 0 unspecified atom stereocenters. The van der Waals surface area contributed by atoms with Gasteiger partial charge in [-0.3, -0.25) is 0 Å². The van der Waals surface area contributed by atoms with Crippen LogP contribution in [-0.4, -0.2) is 10.2 Å². The minimum Gasteiger partial charge on any atom is -0.206 e. The second-order valence-corrected chi connectivity index (χ2v) is 7.06. The predicted molar refractivity (Wildman–Crippen MR) is 76.9 cm³/mol. The summed E-state index contributed by atoms with van der Waals surface area (Å²) in [5.41, 5.74) is 1.17. The molecular weight excluding hydrogens is 239 g/mol. The Morgan fingerprint density at radius 1 is 0.842 bits per heavy atom. The van der Waals surface area contributed by atoms with Crippen LogP contribution in [0.1, 0.15) is 52.9 Å². The summed E-state index contributed by atoms with van der Waals surface area (Å²) in [6.07, 6.45) is 0. The summed E-state index contributed by atoms with van der Waals surface area (Å²) in [6.45, 7) is 12.3. The number of benzene rings is 1. The first-order valence-electron chi connectivity index (χ1n) is 6.58. The van der Waals surface area contributed by atoms with Crippen molar-refractivity contribution in [2.24, 2.45) is 0 Å². The fourth-order valence-electron chi connectivity index (χ4n) is 2.25. The van der Waals surface area contributed by atoms with Crippen molar-refractivity contribution in [3.05, 3.63) is 35.4 Å². The number of halogens is 1. The monoisotopic (exact) mass is 260 g/mol. The van der Waals surface area contributed by atoms with E-state index < -0.39 is 0 Å². The Bertz CT molecular complexity index is 619. The van der Waals surface area contributed by atoms with Crippen LogP contribution in [0.4, 0.5) is 4.39 Å². The van der Waals surface area contributed by atoms with Crippen LogP contribution < -0.4 is 0 Å². The average Bonchev–Trinajstić information content (AvgIpc) is 2.25. The third kappa shape index (κ3) is 2.46. The number of rotatable bonds is 0. The Hall–Kier alpha value is -1.51. The molecular formula is C16H21FN2. The van der Waals surface area contributed by atoms with Crippen LogP contribution in [-0.2, 0) is 10.8 Å². The lowest BCUT2D eigenvalue weighted by Gasteiger charge is -2.24. The van der Waals surface area contributed by atoms with Crippen LogP contribution >= 0.6 is 0 Å². The molecule has 0 amide bonds. The van der Waals surface area contributed by atoms with Crippen LogP contribution in [0.3, 0.4) is 0 Å². The van der Waals surface area contributed by atoms with Gasteiger partial charge in [0.05, 0.1) is 11.4 Å². The number of nitrogens with zero attached hydrogens (tertiary/aromatic N) is 2. The summed E-state index contributed by atoms with van der Waals surface area (Å²) < 4.78 is 14.3. The van der Waals surface area contributed by atoms with Gasteiger partial charge in [-0.25, -0.2) is 4.39 Å². The van der Waals surface area contributed by atoms with Gasteiger partial charge in [0.2, 0.25) is 0 Å². The molecule has 1 aromatic heterocycles. The van der Waals surface area contributed by atoms with Gasteiger partial charge < -0.3 is 0 Å². The zero-order chi connectivity index (χ0) is 14.4. The van der Waals surface area contributed by atoms with Crippen molar-refractivity contribution in [1.82, 2.24) is 10.2 Å². The third-order valence-electron chi connectivity index (χ3n) is 3.18. The van der Waals surface area contributed by atoms with Gasteiger partial charge in [0.15, 0.2) is 0 Å². The highest BCUT2D eigenvalue weighted by Gasteiger charge is 2.26. The van der Waals surface area contributed by atoms with Gasteiger partial charge in [0.1, 0.15) is 5.82 Å². The summed E-state index contributed by atoms with van der Waals surface area (Å²) in [5, 5.41) is 10.2. The van der Waals surface area contributed by atoms with Gasteiger partial charge in [-0.05, 0) is 6.07 Å². The molecule has 0 saturated carbocycles. The van der Waals surface area contributed by atoms with E-state index in [9.17, 15) is 4.39 Å². The molecule has 0 aliphatic carbocycles. The van der Waals surface area contributed by atoms with Crippen molar-refractivity contribution in [1.29, 1.82) is 0 Å². The summed E-state index contributed by atoms with van der Waals surface area (Å²) >= 11 is 0. The molecule has 0 atom stereocenters. The molecule has 1 aromatic carbocycles. The lowest BCUT2D eigenvalue weighted by atomic mass is 9.84. The van der Waals surface area contributed by atoms with Crippen molar-refractivity contribution in [3.63, 3.8) is 0 Å². The fourth-order valence-corrected chi connectivity index (χ4v) is 2.25. The summed E-state index contributed by atoms with van der Waals surface area (Å²) in [5.74, 6) is -0.220. The molecule has 0 radical (unpaired) electrons. The number of aromatic nitrogens is 2. The Labute approximate surface area is 114 Å². The molecule has 0 bridgehead atoms. The largest absolute Gasteiger partial charge is 0.206 e. The molecule has 2 rings (SSSR count). The molecule has 3 heteroatoms. The molecule has 1 heterocycles. The average molecular weight is 260 g/mol. The van der Waals surface area contributed by atoms with Gasteiger partial charge in [0.25, 0.3) is 0 Å². The van der Waals surface area contributed by atoms with Crippen LogP contribution in [0.15, 0.2) is 18.2 Å². The highest BCUT2D eigenvalue weighted by molar-refractivity contribution is 5.88. The van der Waals surface area contributed by atoms with E-state index >= 15 is 0 Å². The van der Waals surface area contributed by atoms with Crippen LogP contribution in [0, 0.1) is 5.82 Å². The summed E-state index contributed by atoms with van der Waals surface area (Å²) in [4.78, 5) is 0. The minimum absolute atomic E-state index is 0.157. The van der Waals surface area contributed by atoms with E-state index in [1.807, 2.05) is 26.8 Å². The summed E-state index contributed by atoms with van der Waals surface area (Å²) in [6, 6.07) is 5.16. The highest BCUT2D eigenvalue weighted by Crippen LogP contribution is 2.34. The Morgan fingerprint density at radius 3 is 1.89 bits per heavy atom. The Kier molecular flexibility index (Phi) is 3.12. The van der Waals surface area contributed by atoms with E-state index in [4.69, 9.17) is 0 Å². The molecule has 19 heavy (non-hydrogen) atoms. The molecule has 102 valence electrons. The maximum Gasteiger partial charge on any atom is 0.133 e. The Morgan fingerprint density at radius 2 is 1.37 bits per heavy atom. The van der Waals surface area contributed by atoms with Crippen LogP contribution in [0.5, 0.6) is 0 Å². The van der Waals surface area contributed by atoms with Crippen LogP contribution in [0.2, 0.25) is 0 Å². The van der Waals surface area contributed by atoms with E-state index in [0.717, 1.165) is 11.1 Å². The van der Waals surface area contributed by atoms with E-state index in [1.54, 1.807) is 6.07 Å². The Balaban J connectivity index is 2.93. The van der Waals surface area contributed by atoms with E-state index in [-0.39, 0.29) is 16.6 Å². The quantitative estimate of drug-likeness (QED) is 0.703. The zero-order valence-corrected chi connectivity index (χ0v) is 12.5. The molecule has 0 aliphatic rings. The smallest absolute Gasteiger partial charge is 0.133 e. The number of hydrogen-bond acceptors (Lipinski definition) is 2.